The van der Waals surface area contributed by atoms with E-state index in [1.54, 1.807) is 30.5 Å². The van der Waals surface area contributed by atoms with E-state index >= 15 is 0 Å². The summed E-state index contributed by atoms with van der Waals surface area (Å²) in [5, 5.41) is 4.20. The zero-order chi connectivity index (χ0) is 24.3. The maximum atomic E-state index is 13.8. The van der Waals surface area contributed by atoms with E-state index in [-0.39, 0.29) is 11.4 Å². The van der Waals surface area contributed by atoms with Crippen molar-refractivity contribution in [2.24, 2.45) is 0 Å². The summed E-state index contributed by atoms with van der Waals surface area (Å²) >= 11 is 0. The Morgan fingerprint density at radius 2 is 1.74 bits per heavy atom. The van der Waals surface area contributed by atoms with Crippen molar-refractivity contribution in [3.63, 3.8) is 0 Å². The van der Waals surface area contributed by atoms with Crippen LogP contribution in [0.5, 0.6) is 0 Å². The molecule has 0 aliphatic carbocycles. The summed E-state index contributed by atoms with van der Waals surface area (Å²) in [6.07, 6.45) is -2.06. The van der Waals surface area contributed by atoms with Crippen molar-refractivity contribution >= 4 is 16.7 Å². The molecule has 4 rings (SSSR count). The first-order chi connectivity index (χ1) is 16.2. The molecule has 0 atom stereocenters. The molecule has 0 unspecified atom stereocenters. The van der Waals surface area contributed by atoms with Crippen LogP contribution in [0.1, 0.15) is 17.5 Å². The first-order valence-electron chi connectivity index (χ1n) is 11.0. The highest BCUT2D eigenvalue weighted by Crippen LogP contribution is 2.36. The third kappa shape index (κ3) is 5.34. The zero-order valence-electron chi connectivity index (χ0n) is 19.3. The Balaban J connectivity index is 1.84. The quantitative estimate of drug-likeness (QED) is 0.337. The SMILES string of the molecule is Cc1cccc2c(NCCCN(C)C)nc(-c3cc(-c4ccccn4)cc(C(F)(F)F)c3)nc12. The molecule has 4 aromatic rings. The summed E-state index contributed by atoms with van der Waals surface area (Å²) in [7, 11) is 4.02. The number of alkyl halides is 3. The average molecular weight is 466 g/mol. The molecule has 0 aliphatic rings. The van der Waals surface area contributed by atoms with Gasteiger partial charge in [-0.25, -0.2) is 9.97 Å². The number of aryl methyl sites for hydroxylation is 1. The van der Waals surface area contributed by atoms with Crippen LogP contribution in [0, 0.1) is 6.92 Å². The van der Waals surface area contributed by atoms with Gasteiger partial charge in [0.05, 0.1) is 16.8 Å². The van der Waals surface area contributed by atoms with Crippen LogP contribution in [0.3, 0.4) is 0 Å². The number of para-hydroxylation sites is 1. The Kier molecular flexibility index (Phi) is 6.79. The van der Waals surface area contributed by atoms with Gasteiger partial charge in [-0.15, -0.1) is 0 Å². The number of halogens is 3. The van der Waals surface area contributed by atoms with Crippen LogP contribution in [0.2, 0.25) is 0 Å². The predicted octanol–water partition coefficient (Wildman–Crippen LogP) is 6.05. The number of nitrogens with zero attached hydrogens (tertiary/aromatic N) is 4. The van der Waals surface area contributed by atoms with Gasteiger partial charge in [0, 0.05) is 29.3 Å². The largest absolute Gasteiger partial charge is 0.416 e. The molecule has 1 N–H and O–H groups in total. The number of nitrogens with one attached hydrogen (secondary N) is 1. The lowest BCUT2D eigenvalue weighted by molar-refractivity contribution is -0.137. The summed E-state index contributed by atoms with van der Waals surface area (Å²) in [5.74, 6) is 0.847. The van der Waals surface area contributed by atoms with Gasteiger partial charge in [0.15, 0.2) is 5.82 Å². The fourth-order valence-corrected chi connectivity index (χ4v) is 3.76. The van der Waals surface area contributed by atoms with E-state index < -0.39 is 11.7 Å². The maximum Gasteiger partial charge on any atom is 0.416 e. The Bertz CT molecular complexity index is 1290. The lowest BCUT2D eigenvalue weighted by atomic mass is 10.0. The average Bonchev–Trinajstić information content (AvgIpc) is 2.81. The standard InChI is InChI=1S/C26H26F3N5/c1-17-8-6-9-21-23(17)32-24(33-25(21)31-12-7-13-34(2)3)19-14-18(22-10-4-5-11-30-22)15-20(16-19)26(27,28)29/h4-6,8-11,14-16H,7,12-13H2,1-3H3,(H,31,32,33). The van der Waals surface area contributed by atoms with Crippen molar-refractivity contribution in [1.29, 1.82) is 0 Å². The third-order valence-corrected chi connectivity index (χ3v) is 5.48. The van der Waals surface area contributed by atoms with Gasteiger partial charge < -0.3 is 10.2 Å². The minimum Gasteiger partial charge on any atom is -0.369 e. The highest BCUT2D eigenvalue weighted by atomic mass is 19.4. The second kappa shape index (κ2) is 9.77. The molecular formula is C26H26F3N5. The molecule has 0 bridgehead atoms. The number of benzene rings is 2. The maximum absolute atomic E-state index is 13.8. The van der Waals surface area contributed by atoms with Crippen LogP contribution >= 0.6 is 0 Å². The number of aromatic nitrogens is 3. The first kappa shape index (κ1) is 23.6. The lowest BCUT2D eigenvalue weighted by Gasteiger charge is -2.15. The van der Waals surface area contributed by atoms with E-state index in [1.807, 2.05) is 39.2 Å². The highest BCUT2D eigenvalue weighted by Gasteiger charge is 2.32. The van der Waals surface area contributed by atoms with Gasteiger partial charge in [-0.2, -0.15) is 13.2 Å². The summed E-state index contributed by atoms with van der Waals surface area (Å²) in [6.45, 7) is 3.52. The molecular weight excluding hydrogens is 439 g/mol. The number of hydrogen-bond acceptors (Lipinski definition) is 5. The Morgan fingerprint density at radius 1 is 0.941 bits per heavy atom. The van der Waals surface area contributed by atoms with Crippen molar-refractivity contribution < 1.29 is 13.2 Å². The van der Waals surface area contributed by atoms with Crippen molar-refractivity contribution in [2.45, 2.75) is 19.5 Å². The Labute approximate surface area is 196 Å². The molecule has 2 aromatic heterocycles. The predicted molar refractivity (Wildman–Crippen MR) is 130 cm³/mol. The van der Waals surface area contributed by atoms with E-state index in [9.17, 15) is 13.2 Å². The van der Waals surface area contributed by atoms with Gasteiger partial charge in [-0.3, -0.25) is 4.98 Å². The number of rotatable bonds is 7. The molecule has 0 radical (unpaired) electrons. The van der Waals surface area contributed by atoms with Gasteiger partial charge >= 0.3 is 6.18 Å². The van der Waals surface area contributed by atoms with Gasteiger partial charge in [-0.05, 0) is 75.9 Å². The molecule has 2 heterocycles. The molecule has 0 aliphatic heterocycles. The molecule has 0 saturated heterocycles. The first-order valence-corrected chi connectivity index (χ1v) is 11.0. The number of anilines is 1. The van der Waals surface area contributed by atoms with Crippen LogP contribution in [0.15, 0.2) is 60.8 Å². The number of pyridine rings is 1. The Morgan fingerprint density at radius 3 is 2.44 bits per heavy atom. The van der Waals surface area contributed by atoms with Crippen LogP contribution in [-0.4, -0.2) is 47.0 Å². The van der Waals surface area contributed by atoms with Crippen molar-refractivity contribution in [3.05, 3.63) is 71.9 Å². The smallest absolute Gasteiger partial charge is 0.369 e. The normalized spacial score (nSPS) is 11.9. The van der Waals surface area contributed by atoms with Crippen LogP contribution in [0.4, 0.5) is 19.0 Å². The zero-order valence-corrected chi connectivity index (χ0v) is 19.3. The minimum absolute atomic E-state index is 0.236. The number of fused-ring (bicyclic) bond motifs is 1. The minimum atomic E-state index is -4.51. The van der Waals surface area contributed by atoms with Gasteiger partial charge in [0.2, 0.25) is 0 Å². The van der Waals surface area contributed by atoms with Gasteiger partial charge in [0.1, 0.15) is 5.82 Å². The van der Waals surface area contributed by atoms with Crippen LogP contribution in [0.25, 0.3) is 33.5 Å². The summed E-state index contributed by atoms with van der Waals surface area (Å²) in [6, 6.07) is 14.8. The molecule has 0 amide bonds. The molecule has 176 valence electrons. The second-order valence-electron chi connectivity index (χ2n) is 8.46. The summed E-state index contributed by atoms with van der Waals surface area (Å²) < 4.78 is 41.3. The summed E-state index contributed by atoms with van der Waals surface area (Å²) in [4.78, 5) is 15.7. The van der Waals surface area contributed by atoms with Crippen LogP contribution < -0.4 is 5.32 Å². The van der Waals surface area contributed by atoms with E-state index in [4.69, 9.17) is 0 Å². The fourth-order valence-electron chi connectivity index (χ4n) is 3.76. The molecule has 34 heavy (non-hydrogen) atoms. The second-order valence-corrected chi connectivity index (χ2v) is 8.46. The lowest BCUT2D eigenvalue weighted by Crippen LogP contribution is -2.17. The van der Waals surface area contributed by atoms with E-state index in [2.05, 4.69) is 25.2 Å². The van der Waals surface area contributed by atoms with Crippen LogP contribution in [-0.2, 0) is 6.18 Å². The molecule has 0 spiro atoms. The van der Waals surface area contributed by atoms with E-state index in [0.717, 1.165) is 36.0 Å². The molecule has 0 saturated carbocycles. The van der Waals surface area contributed by atoms with Gasteiger partial charge in [-0.1, -0.05) is 18.2 Å². The fraction of sp³-hybridized carbons (Fsp3) is 0.269. The molecule has 5 nitrogen and oxygen atoms in total. The highest BCUT2D eigenvalue weighted by molar-refractivity contribution is 5.92. The molecule has 8 heteroatoms. The monoisotopic (exact) mass is 465 g/mol. The topological polar surface area (TPSA) is 53.9 Å². The molecule has 0 fully saturated rings. The summed E-state index contributed by atoms with van der Waals surface area (Å²) in [5.41, 5.74) is 1.97. The van der Waals surface area contributed by atoms with Crippen molar-refractivity contribution in [1.82, 2.24) is 19.9 Å². The van der Waals surface area contributed by atoms with Crippen molar-refractivity contribution in [3.8, 4) is 22.6 Å². The van der Waals surface area contributed by atoms with E-state index in [0.29, 0.717) is 29.1 Å². The number of hydrogen-bond donors (Lipinski definition) is 1. The van der Waals surface area contributed by atoms with Gasteiger partial charge in [0.25, 0.3) is 0 Å². The molecule has 2 aromatic carbocycles. The third-order valence-electron chi connectivity index (χ3n) is 5.48. The van der Waals surface area contributed by atoms with Crippen molar-refractivity contribution in [2.75, 3.05) is 32.5 Å². The Hall–Kier alpha value is -3.52. The van der Waals surface area contributed by atoms with E-state index in [1.165, 1.54) is 0 Å².